The van der Waals surface area contributed by atoms with E-state index in [1.54, 1.807) is 7.11 Å². The molecule has 0 aliphatic carbocycles. The van der Waals surface area contributed by atoms with Gasteiger partial charge < -0.3 is 14.8 Å². The Morgan fingerprint density at radius 3 is 2.71 bits per heavy atom. The van der Waals surface area contributed by atoms with Crippen LogP contribution in [0, 0.1) is 11.8 Å². The highest BCUT2D eigenvalue weighted by Crippen LogP contribution is 2.26. The first-order chi connectivity index (χ1) is 10.2. The number of hydrogen-bond donors (Lipinski definition) is 1. The Kier molecular flexibility index (Phi) is 6.68. The molecular weight excluding hydrogens is 262 g/mol. The largest absolute Gasteiger partial charge is 0.383 e. The molecule has 0 spiro atoms. The Hall–Kier alpha value is -0.900. The lowest BCUT2D eigenvalue weighted by atomic mass is 9.92. The summed E-state index contributed by atoms with van der Waals surface area (Å²) in [6, 6.07) is 11.0. The second-order valence-electron chi connectivity index (χ2n) is 6.38. The van der Waals surface area contributed by atoms with Gasteiger partial charge in [0.15, 0.2) is 0 Å². The van der Waals surface area contributed by atoms with Crippen LogP contribution in [0.1, 0.15) is 25.8 Å². The molecule has 0 saturated carbocycles. The van der Waals surface area contributed by atoms with Crippen molar-refractivity contribution in [2.45, 2.75) is 38.8 Å². The van der Waals surface area contributed by atoms with E-state index in [9.17, 15) is 0 Å². The first-order valence-corrected chi connectivity index (χ1v) is 8.08. The van der Waals surface area contributed by atoms with Crippen LogP contribution in [0.25, 0.3) is 0 Å². The number of benzene rings is 1. The van der Waals surface area contributed by atoms with E-state index < -0.39 is 0 Å². The average molecular weight is 291 g/mol. The molecule has 118 valence electrons. The molecule has 1 aromatic rings. The van der Waals surface area contributed by atoms with Gasteiger partial charge in [0, 0.05) is 26.3 Å². The first-order valence-electron chi connectivity index (χ1n) is 8.08. The second kappa shape index (κ2) is 8.52. The third kappa shape index (κ3) is 5.10. The van der Waals surface area contributed by atoms with Gasteiger partial charge >= 0.3 is 0 Å². The van der Waals surface area contributed by atoms with E-state index in [2.05, 4.69) is 49.5 Å². The van der Waals surface area contributed by atoms with Crippen molar-refractivity contribution in [3.05, 3.63) is 35.9 Å². The lowest BCUT2D eigenvalue weighted by molar-refractivity contribution is 0.0523. The highest BCUT2D eigenvalue weighted by Gasteiger charge is 2.30. The summed E-state index contributed by atoms with van der Waals surface area (Å²) < 4.78 is 11.2. The number of nitrogens with one attached hydrogen (secondary N) is 1. The number of methoxy groups -OCH3 is 1. The molecule has 0 amide bonds. The van der Waals surface area contributed by atoms with Crippen molar-refractivity contribution < 1.29 is 9.47 Å². The predicted octanol–water partition coefficient (Wildman–Crippen LogP) is 2.89. The van der Waals surface area contributed by atoms with Crippen LogP contribution in [0.5, 0.6) is 0 Å². The number of hydrogen-bond acceptors (Lipinski definition) is 3. The van der Waals surface area contributed by atoms with Crippen LogP contribution < -0.4 is 5.32 Å². The first kappa shape index (κ1) is 16.5. The molecule has 3 nitrogen and oxygen atoms in total. The fraction of sp³-hybridized carbons (Fsp3) is 0.667. The summed E-state index contributed by atoms with van der Waals surface area (Å²) >= 11 is 0. The van der Waals surface area contributed by atoms with E-state index in [0.29, 0.717) is 24.0 Å². The van der Waals surface area contributed by atoms with Crippen molar-refractivity contribution in [2.24, 2.45) is 11.8 Å². The third-order valence-corrected chi connectivity index (χ3v) is 4.28. The van der Waals surface area contributed by atoms with Gasteiger partial charge in [0.25, 0.3) is 0 Å². The zero-order valence-electron chi connectivity index (χ0n) is 13.5. The molecule has 2 rings (SSSR count). The monoisotopic (exact) mass is 291 g/mol. The molecule has 0 bridgehead atoms. The fourth-order valence-electron chi connectivity index (χ4n) is 3.22. The summed E-state index contributed by atoms with van der Waals surface area (Å²) in [6.45, 7) is 7.17. The topological polar surface area (TPSA) is 30.5 Å². The lowest BCUT2D eigenvalue weighted by Crippen LogP contribution is -2.40. The highest BCUT2D eigenvalue weighted by atomic mass is 16.5. The van der Waals surface area contributed by atoms with E-state index in [1.807, 2.05) is 0 Å². The van der Waals surface area contributed by atoms with Gasteiger partial charge in [-0.05, 0) is 30.2 Å². The van der Waals surface area contributed by atoms with Gasteiger partial charge in [0.05, 0.1) is 12.7 Å². The smallest absolute Gasteiger partial charge is 0.0639 e. The standard InChI is InChI=1S/C18H29NO2/c1-14(2)18-16(9-10-21-18)12-19-17(13-20-3)11-15-7-5-4-6-8-15/h4-8,14,16-19H,9-13H2,1-3H3/t16-,17-,18-/m1/s1. The van der Waals surface area contributed by atoms with E-state index >= 15 is 0 Å². The number of ether oxygens (including phenoxy) is 2. The summed E-state index contributed by atoms with van der Waals surface area (Å²) in [5, 5.41) is 3.69. The normalized spacial score (nSPS) is 23.6. The zero-order chi connectivity index (χ0) is 15.1. The summed E-state index contributed by atoms with van der Waals surface area (Å²) in [5.41, 5.74) is 1.36. The number of rotatable bonds is 8. The van der Waals surface area contributed by atoms with Crippen molar-refractivity contribution >= 4 is 0 Å². The Bertz CT molecular complexity index is 393. The van der Waals surface area contributed by atoms with E-state index in [4.69, 9.17) is 9.47 Å². The van der Waals surface area contributed by atoms with Crippen molar-refractivity contribution in [3.63, 3.8) is 0 Å². The third-order valence-electron chi connectivity index (χ3n) is 4.28. The fourth-order valence-corrected chi connectivity index (χ4v) is 3.22. The van der Waals surface area contributed by atoms with Crippen LogP contribution in [-0.2, 0) is 15.9 Å². The van der Waals surface area contributed by atoms with E-state index in [1.165, 1.54) is 12.0 Å². The van der Waals surface area contributed by atoms with Crippen molar-refractivity contribution in [2.75, 3.05) is 26.9 Å². The molecule has 1 aromatic carbocycles. The molecule has 0 unspecified atom stereocenters. The zero-order valence-corrected chi connectivity index (χ0v) is 13.5. The van der Waals surface area contributed by atoms with Crippen molar-refractivity contribution in [3.8, 4) is 0 Å². The maximum absolute atomic E-state index is 5.87. The van der Waals surface area contributed by atoms with Crippen LogP contribution in [0.15, 0.2) is 30.3 Å². The minimum Gasteiger partial charge on any atom is -0.383 e. The summed E-state index contributed by atoms with van der Waals surface area (Å²) in [7, 11) is 1.77. The Labute approximate surface area is 129 Å². The van der Waals surface area contributed by atoms with Crippen LogP contribution in [0.2, 0.25) is 0 Å². The molecule has 0 aromatic heterocycles. The average Bonchev–Trinajstić information content (AvgIpc) is 2.95. The van der Waals surface area contributed by atoms with Gasteiger partial charge in [-0.25, -0.2) is 0 Å². The van der Waals surface area contributed by atoms with Crippen LogP contribution in [0.4, 0.5) is 0 Å². The van der Waals surface area contributed by atoms with Crippen LogP contribution in [0.3, 0.4) is 0 Å². The van der Waals surface area contributed by atoms with Gasteiger partial charge in [0.1, 0.15) is 0 Å². The molecule has 1 saturated heterocycles. The van der Waals surface area contributed by atoms with E-state index in [-0.39, 0.29) is 0 Å². The SMILES string of the molecule is COC[C@@H](Cc1ccccc1)NC[C@H]1CCO[C@@H]1C(C)C. The van der Waals surface area contributed by atoms with Gasteiger partial charge in [-0.3, -0.25) is 0 Å². The second-order valence-corrected chi connectivity index (χ2v) is 6.38. The molecule has 1 aliphatic rings. The minimum atomic E-state index is 0.366. The Balaban J connectivity index is 1.85. The Morgan fingerprint density at radius 1 is 1.29 bits per heavy atom. The summed E-state index contributed by atoms with van der Waals surface area (Å²) in [4.78, 5) is 0. The van der Waals surface area contributed by atoms with Gasteiger partial charge in [-0.1, -0.05) is 44.2 Å². The summed E-state index contributed by atoms with van der Waals surface area (Å²) in [5.74, 6) is 1.22. The molecule has 1 N–H and O–H groups in total. The predicted molar refractivity (Wildman–Crippen MR) is 86.5 cm³/mol. The maximum Gasteiger partial charge on any atom is 0.0639 e. The van der Waals surface area contributed by atoms with Crippen LogP contribution in [-0.4, -0.2) is 39.0 Å². The van der Waals surface area contributed by atoms with Gasteiger partial charge in [-0.15, -0.1) is 0 Å². The molecule has 21 heavy (non-hydrogen) atoms. The molecular formula is C18H29NO2. The molecule has 3 atom stereocenters. The molecule has 1 heterocycles. The minimum absolute atomic E-state index is 0.366. The van der Waals surface area contributed by atoms with E-state index in [0.717, 1.165) is 26.2 Å². The van der Waals surface area contributed by atoms with Crippen molar-refractivity contribution in [1.82, 2.24) is 5.32 Å². The Morgan fingerprint density at radius 2 is 2.05 bits per heavy atom. The highest BCUT2D eigenvalue weighted by molar-refractivity contribution is 5.15. The molecule has 3 heteroatoms. The van der Waals surface area contributed by atoms with Gasteiger partial charge in [-0.2, -0.15) is 0 Å². The molecule has 1 fully saturated rings. The summed E-state index contributed by atoms with van der Waals surface area (Å²) in [6.07, 6.45) is 2.58. The lowest BCUT2D eigenvalue weighted by Gasteiger charge is -2.25. The quantitative estimate of drug-likeness (QED) is 0.799. The molecule has 1 aliphatic heterocycles. The maximum atomic E-state index is 5.87. The van der Waals surface area contributed by atoms with Crippen LogP contribution >= 0.6 is 0 Å². The molecule has 0 radical (unpaired) electrons. The van der Waals surface area contributed by atoms with Crippen molar-refractivity contribution in [1.29, 1.82) is 0 Å². The van der Waals surface area contributed by atoms with Gasteiger partial charge in [0.2, 0.25) is 0 Å².